The molecule has 0 bridgehead atoms. The molecule has 76 valence electrons. The van der Waals surface area contributed by atoms with Gasteiger partial charge in [-0.15, -0.1) is 0 Å². The molecule has 0 aromatic heterocycles. The highest BCUT2D eigenvalue weighted by molar-refractivity contribution is 9.10. The molecule has 0 unspecified atom stereocenters. The molecule has 0 aliphatic heterocycles. The van der Waals surface area contributed by atoms with Crippen molar-refractivity contribution in [2.45, 2.75) is 6.42 Å². The largest absolute Gasteiger partial charge is 0.469 e. The molecule has 1 aromatic carbocycles. The summed E-state index contributed by atoms with van der Waals surface area (Å²) in [6.45, 7) is 0. The molecule has 0 amide bonds. The van der Waals surface area contributed by atoms with E-state index in [1.165, 1.54) is 7.11 Å². The van der Waals surface area contributed by atoms with Crippen molar-refractivity contribution in [1.82, 2.24) is 0 Å². The Hall–Kier alpha value is -0.250. The van der Waals surface area contributed by atoms with Gasteiger partial charge in [0.1, 0.15) is 0 Å². The van der Waals surface area contributed by atoms with Crippen LogP contribution in [0.5, 0.6) is 0 Å². The summed E-state index contributed by atoms with van der Waals surface area (Å²) in [7, 11) is 1.33. The molecule has 0 aliphatic carbocycles. The number of hydrogen-bond acceptors (Lipinski definition) is 2. The Balaban J connectivity index is 3.02. The van der Waals surface area contributed by atoms with Gasteiger partial charge in [-0.05, 0) is 17.7 Å². The van der Waals surface area contributed by atoms with Crippen molar-refractivity contribution in [3.8, 4) is 0 Å². The smallest absolute Gasteiger partial charge is 0.310 e. The Bertz CT molecular complexity index is 343. The molecule has 1 rings (SSSR count). The molecule has 0 aliphatic rings. The van der Waals surface area contributed by atoms with E-state index in [1.54, 1.807) is 12.1 Å². The molecule has 0 saturated heterocycles. The SMILES string of the molecule is COC(=O)Cc1c(Cl)cc(Cl)cc1Br. The number of halogens is 3. The first-order valence-corrected chi connectivity index (χ1v) is 5.29. The van der Waals surface area contributed by atoms with Crippen LogP contribution >= 0.6 is 39.1 Å². The second-order valence-corrected chi connectivity index (χ2v) is 4.30. The van der Waals surface area contributed by atoms with Gasteiger partial charge in [0.15, 0.2) is 0 Å². The van der Waals surface area contributed by atoms with Crippen LogP contribution in [0.2, 0.25) is 10.0 Å². The molecule has 0 radical (unpaired) electrons. The van der Waals surface area contributed by atoms with Gasteiger partial charge in [-0.2, -0.15) is 0 Å². The Morgan fingerprint density at radius 2 is 2.14 bits per heavy atom. The third kappa shape index (κ3) is 2.87. The van der Waals surface area contributed by atoms with Crippen molar-refractivity contribution in [3.05, 3.63) is 32.2 Å². The lowest BCUT2D eigenvalue weighted by molar-refractivity contribution is -0.139. The minimum absolute atomic E-state index is 0.132. The zero-order valence-corrected chi connectivity index (χ0v) is 10.4. The van der Waals surface area contributed by atoms with Crippen molar-refractivity contribution in [3.63, 3.8) is 0 Å². The number of carbonyl (C=O) groups is 1. The van der Waals surface area contributed by atoms with Gasteiger partial charge in [-0.3, -0.25) is 4.79 Å². The maximum Gasteiger partial charge on any atom is 0.310 e. The summed E-state index contributed by atoms with van der Waals surface area (Å²) < 4.78 is 5.25. The van der Waals surface area contributed by atoms with Gasteiger partial charge in [0, 0.05) is 14.5 Å². The van der Waals surface area contributed by atoms with Gasteiger partial charge in [0.05, 0.1) is 13.5 Å². The van der Waals surface area contributed by atoms with Crippen LogP contribution in [0.3, 0.4) is 0 Å². The third-order valence-corrected chi connectivity index (χ3v) is 2.92. The van der Waals surface area contributed by atoms with E-state index < -0.39 is 0 Å². The Morgan fingerprint density at radius 1 is 1.50 bits per heavy atom. The zero-order chi connectivity index (χ0) is 10.7. The fourth-order valence-corrected chi connectivity index (χ4v) is 2.36. The average Bonchev–Trinajstić information content (AvgIpc) is 2.10. The molecule has 1 aromatic rings. The van der Waals surface area contributed by atoms with Crippen LogP contribution in [-0.2, 0) is 16.0 Å². The molecule has 0 spiro atoms. The van der Waals surface area contributed by atoms with E-state index in [1.807, 2.05) is 0 Å². The predicted molar refractivity (Wildman–Crippen MR) is 59.9 cm³/mol. The second kappa shape index (κ2) is 5.01. The summed E-state index contributed by atoms with van der Waals surface area (Å²) in [6.07, 6.45) is 0.132. The molecule has 5 heteroatoms. The van der Waals surface area contributed by atoms with Crippen LogP contribution in [0, 0.1) is 0 Å². The first-order valence-electron chi connectivity index (χ1n) is 3.75. The summed E-state index contributed by atoms with van der Waals surface area (Å²) in [4.78, 5) is 11.0. The minimum atomic E-state index is -0.338. The van der Waals surface area contributed by atoms with Crippen LogP contribution < -0.4 is 0 Å². The molecule has 0 saturated carbocycles. The number of benzene rings is 1. The van der Waals surface area contributed by atoms with Crippen LogP contribution in [0.1, 0.15) is 5.56 Å². The summed E-state index contributed by atoms with van der Waals surface area (Å²) in [6, 6.07) is 3.28. The minimum Gasteiger partial charge on any atom is -0.469 e. The maximum absolute atomic E-state index is 11.0. The van der Waals surface area contributed by atoms with Crippen molar-refractivity contribution in [2.75, 3.05) is 7.11 Å². The Morgan fingerprint density at radius 3 is 2.64 bits per heavy atom. The predicted octanol–water partition coefficient (Wildman–Crippen LogP) is 3.47. The van der Waals surface area contributed by atoms with E-state index in [4.69, 9.17) is 23.2 Å². The zero-order valence-electron chi connectivity index (χ0n) is 7.31. The van der Waals surface area contributed by atoms with E-state index >= 15 is 0 Å². The lowest BCUT2D eigenvalue weighted by Gasteiger charge is -2.06. The van der Waals surface area contributed by atoms with Gasteiger partial charge in [-0.1, -0.05) is 39.1 Å². The van der Waals surface area contributed by atoms with Crippen LogP contribution in [0.25, 0.3) is 0 Å². The first kappa shape index (κ1) is 11.8. The topological polar surface area (TPSA) is 26.3 Å². The number of methoxy groups -OCH3 is 1. The number of carbonyl (C=O) groups excluding carboxylic acids is 1. The lowest BCUT2D eigenvalue weighted by Crippen LogP contribution is -2.05. The van der Waals surface area contributed by atoms with Gasteiger partial charge in [-0.25, -0.2) is 0 Å². The number of esters is 1. The molecule has 0 N–H and O–H groups in total. The fraction of sp³-hybridized carbons (Fsp3) is 0.222. The van der Waals surface area contributed by atoms with E-state index in [2.05, 4.69) is 20.7 Å². The van der Waals surface area contributed by atoms with E-state index in [-0.39, 0.29) is 12.4 Å². The molecule has 14 heavy (non-hydrogen) atoms. The highest BCUT2D eigenvalue weighted by Gasteiger charge is 2.11. The van der Waals surface area contributed by atoms with E-state index in [0.717, 1.165) is 0 Å². The third-order valence-electron chi connectivity index (χ3n) is 1.65. The summed E-state index contributed by atoms with van der Waals surface area (Å²) in [5.41, 5.74) is 0.683. The van der Waals surface area contributed by atoms with Crippen LogP contribution in [0.15, 0.2) is 16.6 Å². The Kier molecular flexibility index (Phi) is 4.23. The lowest BCUT2D eigenvalue weighted by atomic mass is 10.1. The second-order valence-electron chi connectivity index (χ2n) is 2.60. The molecule has 2 nitrogen and oxygen atoms in total. The molecule has 0 fully saturated rings. The van der Waals surface area contributed by atoms with Crippen molar-refractivity contribution >= 4 is 45.1 Å². The van der Waals surface area contributed by atoms with E-state index in [0.29, 0.717) is 20.1 Å². The summed E-state index contributed by atoms with van der Waals surface area (Å²) >= 11 is 15.0. The number of hydrogen-bond donors (Lipinski definition) is 0. The van der Waals surface area contributed by atoms with Crippen molar-refractivity contribution in [1.29, 1.82) is 0 Å². The van der Waals surface area contributed by atoms with E-state index in [9.17, 15) is 4.79 Å². The Labute approximate surface area is 100 Å². The molecule has 0 heterocycles. The van der Waals surface area contributed by atoms with Crippen LogP contribution in [0.4, 0.5) is 0 Å². The summed E-state index contributed by atoms with van der Waals surface area (Å²) in [5, 5.41) is 0.977. The maximum atomic E-state index is 11.0. The molecular formula is C9H7BrCl2O2. The number of ether oxygens (including phenoxy) is 1. The highest BCUT2D eigenvalue weighted by Crippen LogP contribution is 2.29. The molecular weight excluding hydrogens is 291 g/mol. The number of rotatable bonds is 2. The van der Waals surface area contributed by atoms with Gasteiger partial charge >= 0.3 is 5.97 Å². The average molecular weight is 298 g/mol. The first-order chi connectivity index (χ1) is 6.54. The van der Waals surface area contributed by atoms with Gasteiger partial charge < -0.3 is 4.74 Å². The van der Waals surface area contributed by atoms with Crippen molar-refractivity contribution in [2.24, 2.45) is 0 Å². The van der Waals surface area contributed by atoms with Crippen molar-refractivity contribution < 1.29 is 9.53 Å². The summed E-state index contributed by atoms with van der Waals surface area (Å²) in [5.74, 6) is -0.338. The van der Waals surface area contributed by atoms with Gasteiger partial charge in [0.25, 0.3) is 0 Å². The van der Waals surface area contributed by atoms with Gasteiger partial charge in [0.2, 0.25) is 0 Å². The molecule has 0 atom stereocenters. The highest BCUT2D eigenvalue weighted by atomic mass is 79.9. The monoisotopic (exact) mass is 296 g/mol. The van der Waals surface area contributed by atoms with Crippen LogP contribution in [-0.4, -0.2) is 13.1 Å². The normalized spacial score (nSPS) is 10.0. The quantitative estimate of drug-likeness (QED) is 0.781. The standard InChI is InChI=1S/C9H7BrCl2O2/c1-14-9(13)4-6-7(10)2-5(11)3-8(6)12/h2-3H,4H2,1H3. The fourth-order valence-electron chi connectivity index (χ4n) is 0.957.